The van der Waals surface area contributed by atoms with Crippen LogP contribution in [0.1, 0.15) is 26.0 Å². The van der Waals surface area contributed by atoms with Gasteiger partial charge in [0.15, 0.2) is 6.61 Å². The van der Waals surface area contributed by atoms with Crippen LogP contribution in [0.4, 0.5) is 4.79 Å². The Morgan fingerprint density at radius 1 is 0.473 bits per heavy atom. The highest BCUT2D eigenvalue weighted by molar-refractivity contribution is 5.90. The van der Waals surface area contributed by atoms with Gasteiger partial charge in [0.05, 0.1) is 198 Å². The van der Waals surface area contributed by atoms with Crippen LogP contribution < -0.4 is 26.6 Å². The van der Waals surface area contributed by atoms with Gasteiger partial charge in [0.1, 0.15) is 12.3 Å². The molecule has 0 aliphatic carbocycles. The van der Waals surface area contributed by atoms with Gasteiger partial charge in [0.25, 0.3) is 5.91 Å². The van der Waals surface area contributed by atoms with E-state index in [9.17, 15) is 24.0 Å². The topological polar surface area (TPSA) is 327 Å². The number of nitrogens with zero attached hydrogens (tertiary/aromatic N) is 4. The van der Waals surface area contributed by atoms with E-state index in [1.165, 1.54) is 6.21 Å². The quantitative estimate of drug-likeness (QED) is 0.0258. The number of oxime groups is 1. The summed E-state index contributed by atoms with van der Waals surface area (Å²) >= 11 is 0. The summed E-state index contributed by atoms with van der Waals surface area (Å²) in [6, 6.07) is 0. The molecule has 0 aromatic carbocycles. The average Bonchev–Trinajstić information content (AvgIpc) is 3.86. The van der Waals surface area contributed by atoms with E-state index in [-0.39, 0.29) is 39.4 Å². The molecule has 1 aromatic heterocycles. The lowest BCUT2D eigenvalue weighted by molar-refractivity contribution is -0.130. The van der Waals surface area contributed by atoms with Crippen LogP contribution in [0.15, 0.2) is 11.4 Å². The van der Waals surface area contributed by atoms with Crippen molar-refractivity contribution in [1.82, 2.24) is 41.6 Å². The fourth-order valence-corrected chi connectivity index (χ4v) is 5.06. The van der Waals surface area contributed by atoms with Crippen molar-refractivity contribution < 1.29 is 95.1 Å². The monoisotopic (exact) mass is 1070 g/mol. The molecule has 0 fully saturated rings. The standard InChI is InChI=1S/C45H83N9O20/c1-3-8-60-10-12-62-14-16-64-18-20-66-22-24-68-26-28-70-30-32-72-33-31-71-29-27-69-25-23-67-21-19-65-17-15-63-13-11-61-9-7-54-37-40(52-53-54)38-73-45(59)47-6-5-46-41(55)34-48-42(56)35-49-43(57)36-50-44(58)39-74-51-4-2/h4,37H,3,5-36,38-39H2,1-2H3,(H,46,55)(H,47,59)(H,48,56)(H,49,57)(H,50,58)/b51-4+. The van der Waals surface area contributed by atoms with Crippen LogP contribution >= 0.6 is 0 Å². The van der Waals surface area contributed by atoms with Crippen LogP contribution in [-0.2, 0) is 103 Å². The molecule has 74 heavy (non-hydrogen) atoms. The molecular weight excluding hydrogens is 987 g/mol. The molecule has 1 heterocycles. The highest BCUT2D eigenvalue weighted by atomic mass is 16.6. The van der Waals surface area contributed by atoms with E-state index < -0.39 is 36.3 Å². The molecule has 0 unspecified atom stereocenters. The minimum atomic E-state index is -0.728. The Bertz CT molecular complexity index is 1540. The van der Waals surface area contributed by atoms with E-state index in [2.05, 4.69) is 53.8 Å². The van der Waals surface area contributed by atoms with E-state index in [1.807, 2.05) is 0 Å². The molecule has 5 N–H and O–H groups in total. The first-order chi connectivity index (χ1) is 36.3. The van der Waals surface area contributed by atoms with E-state index in [4.69, 9.17) is 66.3 Å². The third-order valence-corrected chi connectivity index (χ3v) is 8.64. The van der Waals surface area contributed by atoms with Crippen LogP contribution in [-0.4, -0.2) is 262 Å². The first kappa shape index (κ1) is 67.3. The summed E-state index contributed by atoms with van der Waals surface area (Å²) in [4.78, 5) is 63.7. The Kier molecular flexibility index (Phi) is 48.2. The molecule has 1 rings (SSSR count). The number of rotatable bonds is 55. The van der Waals surface area contributed by atoms with Crippen molar-refractivity contribution in [3.63, 3.8) is 0 Å². The highest BCUT2D eigenvalue weighted by Crippen LogP contribution is 1.97. The van der Waals surface area contributed by atoms with Crippen LogP contribution in [0.5, 0.6) is 0 Å². The molecule has 0 aliphatic heterocycles. The molecular formula is C45H83N9O20. The van der Waals surface area contributed by atoms with Crippen molar-refractivity contribution in [1.29, 1.82) is 0 Å². The van der Waals surface area contributed by atoms with E-state index in [1.54, 1.807) is 17.8 Å². The van der Waals surface area contributed by atoms with Crippen LogP contribution in [0.3, 0.4) is 0 Å². The number of ether oxygens (including phenoxy) is 14. The molecule has 0 saturated carbocycles. The van der Waals surface area contributed by atoms with Gasteiger partial charge in [-0.2, -0.15) is 0 Å². The summed E-state index contributed by atoms with van der Waals surface area (Å²) in [5, 5.41) is 23.3. The molecule has 0 saturated heterocycles. The summed E-state index contributed by atoms with van der Waals surface area (Å²) < 4.78 is 77.9. The summed E-state index contributed by atoms with van der Waals surface area (Å²) in [6.07, 6.45) is 3.26. The van der Waals surface area contributed by atoms with Crippen molar-refractivity contribution >= 4 is 35.9 Å². The van der Waals surface area contributed by atoms with E-state index in [0.29, 0.717) is 177 Å². The zero-order chi connectivity index (χ0) is 53.5. The van der Waals surface area contributed by atoms with Crippen molar-refractivity contribution in [2.75, 3.05) is 211 Å². The smallest absolute Gasteiger partial charge is 0.407 e. The maximum atomic E-state index is 12.0. The SMILES string of the molecule is C/C=N/OCC(=O)NCC(=O)NCC(=O)NCC(=O)NCCNC(=O)OCc1cn(CCOCCOCCOCCOCCOCCOCCOCCOCCOCCOCCOCCOCCOCCC)nn1. The zero-order valence-electron chi connectivity index (χ0n) is 43.4. The Hall–Kier alpha value is -4.76. The second kappa shape index (κ2) is 53.1. The minimum absolute atomic E-state index is 0.0578. The van der Waals surface area contributed by atoms with E-state index >= 15 is 0 Å². The van der Waals surface area contributed by atoms with Gasteiger partial charge < -0.3 is 97.7 Å². The van der Waals surface area contributed by atoms with Crippen molar-refractivity contribution in [2.24, 2.45) is 5.16 Å². The van der Waals surface area contributed by atoms with Crippen LogP contribution in [0.25, 0.3) is 0 Å². The lowest BCUT2D eigenvalue weighted by Crippen LogP contribution is -2.45. The number of hydrogen-bond acceptors (Lipinski definition) is 23. The van der Waals surface area contributed by atoms with Gasteiger partial charge in [-0.3, -0.25) is 19.2 Å². The van der Waals surface area contributed by atoms with Gasteiger partial charge in [-0.1, -0.05) is 17.3 Å². The Morgan fingerprint density at radius 3 is 1.19 bits per heavy atom. The maximum Gasteiger partial charge on any atom is 0.407 e. The molecule has 428 valence electrons. The van der Waals surface area contributed by atoms with E-state index in [0.717, 1.165) is 13.0 Å². The summed E-state index contributed by atoms with van der Waals surface area (Å²) in [7, 11) is 0. The summed E-state index contributed by atoms with van der Waals surface area (Å²) in [5.41, 5.74) is 0.427. The number of alkyl carbamates (subject to hydrolysis) is 1. The molecule has 0 aliphatic rings. The first-order valence-corrected chi connectivity index (χ1v) is 24.8. The number of aromatic nitrogens is 3. The number of carbonyl (C=O) groups is 5. The molecule has 5 amide bonds. The van der Waals surface area contributed by atoms with Crippen molar-refractivity contribution in [3.05, 3.63) is 11.9 Å². The second-order valence-electron chi connectivity index (χ2n) is 14.8. The number of hydrogen-bond donors (Lipinski definition) is 5. The van der Waals surface area contributed by atoms with Crippen LogP contribution in [0.2, 0.25) is 0 Å². The van der Waals surface area contributed by atoms with Crippen molar-refractivity contribution in [3.8, 4) is 0 Å². The second-order valence-corrected chi connectivity index (χ2v) is 14.8. The lowest BCUT2D eigenvalue weighted by atomic mass is 10.4. The Labute approximate surface area is 433 Å². The number of nitrogens with one attached hydrogen (secondary N) is 5. The fourth-order valence-electron chi connectivity index (χ4n) is 5.06. The largest absolute Gasteiger partial charge is 0.443 e. The predicted octanol–water partition coefficient (Wildman–Crippen LogP) is -2.38. The number of amides is 5. The fraction of sp³-hybridized carbons (Fsp3) is 0.822. The minimum Gasteiger partial charge on any atom is -0.443 e. The normalized spacial score (nSPS) is 11.2. The first-order valence-electron chi connectivity index (χ1n) is 24.8. The number of carbonyl (C=O) groups excluding carboxylic acids is 5. The van der Waals surface area contributed by atoms with Gasteiger partial charge in [-0.15, -0.1) is 5.10 Å². The molecule has 0 spiro atoms. The molecule has 0 bridgehead atoms. The predicted molar refractivity (Wildman–Crippen MR) is 261 cm³/mol. The Balaban J connectivity index is 1.78. The summed E-state index contributed by atoms with van der Waals surface area (Å²) in [6.45, 7) is 15.3. The zero-order valence-corrected chi connectivity index (χ0v) is 43.4. The molecule has 0 radical (unpaired) electrons. The molecule has 29 heteroatoms. The lowest BCUT2D eigenvalue weighted by Gasteiger charge is -2.09. The van der Waals surface area contributed by atoms with Gasteiger partial charge in [-0.05, 0) is 13.3 Å². The molecule has 0 atom stereocenters. The van der Waals surface area contributed by atoms with Crippen molar-refractivity contribution in [2.45, 2.75) is 33.4 Å². The maximum absolute atomic E-state index is 12.0. The third kappa shape index (κ3) is 48.2. The summed E-state index contributed by atoms with van der Waals surface area (Å²) in [5.74, 6) is -2.32. The third-order valence-electron chi connectivity index (χ3n) is 8.64. The Morgan fingerprint density at radius 2 is 0.811 bits per heavy atom. The van der Waals surface area contributed by atoms with Gasteiger partial charge >= 0.3 is 6.09 Å². The average molecular weight is 1070 g/mol. The van der Waals surface area contributed by atoms with Gasteiger partial charge in [-0.25, -0.2) is 9.48 Å². The van der Waals surface area contributed by atoms with Gasteiger partial charge in [0, 0.05) is 25.9 Å². The molecule has 29 nitrogen and oxygen atoms in total. The van der Waals surface area contributed by atoms with Crippen LogP contribution in [0, 0.1) is 0 Å². The highest BCUT2D eigenvalue weighted by Gasteiger charge is 2.11. The molecule has 1 aromatic rings. The van der Waals surface area contributed by atoms with Gasteiger partial charge in [0.2, 0.25) is 17.7 Å².